The summed E-state index contributed by atoms with van der Waals surface area (Å²) in [7, 11) is 3.52. The minimum Gasteiger partial charge on any atom is -0.497 e. The molecule has 0 amide bonds. The van der Waals surface area contributed by atoms with E-state index < -0.39 is 0 Å². The van der Waals surface area contributed by atoms with Gasteiger partial charge in [-0.15, -0.1) is 0 Å². The Balaban J connectivity index is 1.64. The van der Waals surface area contributed by atoms with Crippen LogP contribution in [0.3, 0.4) is 0 Å². The van der Waals surface area contributed by atoms with Gasteiger partial charge in [0.15, 0.2) is 5.96 Å². The number of nitrogens with one attached hydrogen (secondary N) is 2. The lowest BCUT2D eigenvalue weighted by atomic mass is 9.96. The van der Waals surface area contributed by atoms with E-state index in [0.29, 0.717) is 12.5 Å². The van der Waals surface area contributed by atoms with Crippen LogP contribution < -0.4 is 15.4 Å². The van der Waals surface area contributed by atoms with Crippen LogP contribution in [0.4, 0.5) is 0 Å². The number of aliphatic imine (C=N–C) groups is 1. The zero-order valence-corrected chi connectivity index (χ0v) is 16.5. The van der Waals surface area contributed by atoms with Gasteiger partial charge in [-0.25, -0.2) is 0 Å². The fourth-order valence-electron chi connectivity index (χ4n) is 3.19. The van der Waals surface area contributed by atoms with Gasteiger partial charge in [0, 0.05) is 33.3 Å². The lowest BCUT2D eigenvalue weighted by Gasteiger charge is -2.32. The Morgan fingerprint density at radius 1 is 1.19 bits per heavy atom. The van der Waals surface area contributed by atoms with Crippen LogP contribution in [0.2, 0.25) is 0 Å². The van der Waals surface area contributed by atoms with E-state index in [1.165, 1.54) is 18.4 Å². The van der Waals surface area contributed by atoms with Gasteiger partial charge in [0.05, 0.1) is 13.7 Å². The highest BCUT2D eigenvalue weighted by atomic mass is 16.5. The van der Waals surface area contributed by atoms with Crippen LogP contribution in [-0.4, -0.2) is 64.4 Å². The monoisotopic (exact) mass is 362 g/mol. The van der Waals surface area contributed by atoms with Crippen molar-refractivity contribution in [2.45, 2.75) is 26.3 Å². The molecular weight excluding hydrogens is 328 g/mol. The zero-order valence-electron chi connectivity index (χ0n) is 16.5. The van der Waals surface area contributed by atoms with Crippen molar-refractivity contribution in [2.75, 3.05) is 53.6 Å². The maximum absolute atomic E-state index is 5.34. The summed E-state index contributed by atoms with van der Waals surface area (Å²) in [5, 5.41) is 6.73. The quantitative estimate of drug-likeness (QED) is 0.400. The highest BCUT2D eigenvalue weighted by Crippen LogP contribution is 2.19. The SMILES string of the molecule is CCOCCNC(=NC)NCC1CCN(Cc2ccc(OC)cc2)CC1. The average Bonchev–Trinajstić information content (AvgIpc) is 2.69. The smallest absolute Gasteiger partial charge is 0.191 e. The molecule has 0 unspecified atom stereocenters. The van der Waals surface area contributed by atoms with E-state index in [1.807, 2.05) is 26.1 Å². The fraction of sp³-hybridized carbons (Fsp3) is 0.650. The lowest BCUT2D eigenvalue weighted by molar-refractivity contribution is 0.152. The number of ether oxygens (including phenoxy) is 2. The van der Waals surface area contributed by atoms with Gasteiger partial charge in [-0.3, -0.25) is 9.89 Å². The fourth-order valence-corrected chi connectivity index (χ4v) is 3.19. The largest absolute Gasteiger partial charge is 0.497 e. The number of hydrogen-bond acceptors (Lipinski definition) is 4. The Labute approximate surface area is 158 Å². The molecule has 6 heteroatoms. The van der Waals surface area contributed by atoms with Gasteiger partial charge in [0.25, 0.3) is 0 Å². The van der Waals surface area contributed by atoms with Crippen molar-refractivity contribution in [3.63, 3.8) is 0 Å². The zero-order chi connectivity index (χ0) is 18.6. The predicted octanol–water partition coefficient (Wildman–Crippen LogP) is 2.11. The molecule has 26 heavy (non-hydrogen) atoms. The van der Waals surface area contributed by atoms with Gasteiger partial charge in [-0.2, -0.15) is 0 Å². The van der Waals surface area contributed by atoms with Crippen LogP contribution in [0.15, 0.2) is 29.3 Å². The topological polar surface area (TPSA) is 58.1 Å². The molecule has 0 radical (unpaired) electrons. The van der Waals surface area contributed by atoms with E-state index in [9.17, 15) is 0 Å². The van der Waals surface area contributed by atoms with E-state index in [-0.39, 0.29) is 0 Å². The molecule has 1 aliphatic heterocycles. The first kappa shape index (κ1) is 20.5. The van der Waals surface area contributed by atoms with Gasteiger partial charge in [0.2, 0.25) is 0 Å². The van der Waals surface area contributed by atoms with Gasteiger partial charge in [-0.1, -0.05) is 12.1 Å². The molecule has 1 fully saturated rings. The normalized spacial score (nSPS) is 16.5. The molecule has 0 aliphatic carbocycles. The molecule has 0 bridgehead atoms. The summed E-state index contributed by atoms with van der Waals surface area (Å²) >= 11 is 0. The number of hydrogen-bond donors (Lipinski definition) is 2. The molecule has 1 aliphatic rings. The number of methoxy groups -OCH3 is 1. The van der Waals surface area contributed by atoms with Gasteiger partial charge in [-0.05, 0) is 56.5 Å². The van der Waals surface area contributed by atoms with Crippen molar-refractivity contribution in [3.05, 3.63) is 29.8 Å². The van der Waals surface area contributed by atoms with Crippen LogP contribution in [0.1, 0.15) is 25.3 Å². The average molecular weight is 363 g/mol. The summed E-state index contributed by atoms with van der Waals surface area (Å²) in [6, 6.07) is 8.39. The van der Waals surface area contributed by atoms with Gasteiger partial charge in [0.1, 0.15) is 5.75 Å². The minimum atomic E-state index is 0.701. The summed E-state index contributed by atoms with van der Waals surface area (Å²) in [5.74, 6) is 2.49. The molecule has 146 valence electrons. The number of rotatable bonds is 9. The molecule has 0 aromatic heterocycles. The van der Waals surface area contributed by atoms with Gasteiger partial charge >= 0.3 is 0 Å². The summed E-state index contributed by atoms with van der Waals surface area (Å²) in [6.45, 7) is 8.55. The van der Waals surface area contributed by atoms with Crippen molar-refractivity contribution < 1.29 is 9.47 Å². The highest BCUT2D eigenvalue weighted by Gasteiger charge is 2.19. The molecule has 2 rings (SSSR count). The molecular formula is C20H34N4O2. The Kier molecular flexibility index (Phi) is 9.28. The molecule has 1 aromatic rings. The third-order valence-corrected chi connectivity index (χ3v) is 4.80. The van der Waals surface area contributed by atoms with Crippen LogP contribution in [0, 0.1) is 5.92 Å². The molecule has 1 aromatic carbocycles. The van der Waals surface area contributed by atoms with Crippen molar-refractivity contribution in [2.24, 2.45) is 10.9 Å². The summed E-state index contributed by atoms with van der Waals surface area (Å²) in [5.41, 5.74) is 1.35. The van der Waals surface area contributed by atoms with Crippen molar-refractivity contribution >= 4 is 5.96 Å². The maximum Gasteiger partial charge on any atom is 0.191 e. The van der Waals surface area contributed by atoms with Gasteiger partial charge < -0.3 is 20.1 Å². The second kappa shape index (κ2) is 11.8. The van der Waals surface area contributed by atoms with Crippen LogP contribution >= 0.6 is 0 Å². The third-order valence-electron chi connectivity index (χ3n) is 4.80. The third kappa shape index (κ3) is 7.22. The first-order chi connectivity index (χ1) is 12.7. The Bertz CT molecular complexity index is 525. The Hall–Kier alpha value is -1.79. The van der Waals surface area contributed by atoms with Crippen LogP contribution in [-0.2, 0) is 11.3 Å². The molecule has 1 saturated heterocycles. The van der Waals surface area contributed by atoms with E-state index in [2.05, 4.69) is 32.7 Å². The number of guanidine groups is 1. The van der Waals surface area contributed by atoms with E-state index in [0.717, 1.165) is 51.0 Å². The summed E-state index contributed by atoms with van der Waals surface area (Å²) in [6.07, 6.45) is 2.44. The summed E-state index contributed by atoms with van der Waals surface area (Å²) in [4.78, 5) is 6.81. The standard InChI is InChI=1S/C20H34N4O2/c1-4-26-14-11-22-20(21-2)23-15-17-9-12-24(13-10-17)16-18-5-7-19(25-3)8-6-18/h5-8,17H,4,9-16H2,1-3H3,(H2,21,22,23). The molecule has 0 spiro atoms. The molecule has 6 nitrogen and oxygen atoms in total. The number of piperidine rings is 1. The minimum absolute atomic E-state index is 0.701. The lowest BCUT2D eigenvalue weighted by Crippen LogP contribution is -2.43. The molecule has 2 N–H and O–H groups in total. The van der Waals surface area contributed by atoms with Crippen molar-refractivity contribution in [1.82, 2.24) is 15.5 Å². The second-order valence-electron chi connectivity index (χ2n) is 6.64. The van der Waals surface area contributed by atoms with Crippen LogP contribution in [0.25, 0.3) is 0 Å². The van der Waals surface area contributed by atoms with E-state index in [1.54, 1.807) is 7.11 Å². The second-order valence-corrected chi connectivity index (χ2v) is 6.64. The maximum atomic E-state index is 5.34. The van der Waals surface area contributed by atoms with E-state index in [4.69, 9.17) is 9.47 Å². The van der Waals surface area contributed by atoms with Crippen molar-refractivity contribution in [1.29, 1.82) is 0 Å². The molecule has 0 atom stereocenters. The molecule has 0 saturated carbocycles. The highest BCUT2D eigenvalue weighted by molar-refractivity contribution is 5.79. The Morgan fingerprint density at radius 2 is 1.92 bits per heavy atom. The number of nitrogens with zero attached hydrogens (tertiary/aromatic N) is 2. The number of likely N-dealkylation sites (tertiary alicyclic amines) is 1. The molecule has 1 heterocycles. The van der Waals surface area contributed by atoms with Crippen LogP contribution in [0.5, 0.6) is 5.75 Å². The van der Waals surface area contributed by atoms with E-state index >= 15 is 0 Å². The predicted molar refractivity (Wildman–Crippen MR) is 107 cm³/mol. The first-order valence-corrected chi connectivity index (χ1v) is 9.62. The first-order valence-electron chi connectivity index (χ1n) is 9.62. The summed E-state index contributed by atoms with van der Waals surface area (Å²) < 4.78 is 10.6. The number of benzene rings is 1. The Morgan fingerprint density at radius 3 is 2.54 bits per heavy atom. The van der Waals surface area contributed by atoms with Crippen molar-refractivity contribution in [3.8, 4) is 5.75 Å².